The summed E-state index contributed by atoms with van der Waals surface area (Å²) in [5, 5.41) is 15.3. The second-order valence-electron chi connectivity index (χ2n) is 4.19. The lowest BCUT2D eigenvalue weighted by Crippen LogP contribution is -2.21. The van der Waals surface area contributed by atoms with Crippen LogP contribution < -0.4 is 10.6 Å². The Kier molecular flexibility index (Phi) is 5.15. The van der Waals surface area contributed by atoms with Gasteiger partial charge in [-0.05, 0) is 20.3 Å². The number of anilines is 2. The third-order valence-corrected chi connectivity index (χ3v) is 2.56. The van der Waals surface area contributed by atoms with Crippen molar-refractivity contribution < 1.29 is 5.11 Å². The van der Waals surface area contributed by atoms with Crippen molar-refractivity contribution >= 4 is 11.6 Å². The normalized spacial score (nSPS) is 12.3. The molecule has 0 aliphatic carbocycles. The Morgan fingerprint density at radius 3 is 2.47 bits per heavy atom. The number of hydrogen-bond acceptors (Lipinski definition) is 5. The molecule has 0 aliphatic heterocycles. The number of aromatic nitrogens is 2. The van der Waals surface area contributed by atoms with Crippen molar-refractivity contribution in [1.82, 2.24) is 9.97 Å². The SMILES string of the molecule is CCCc1nc(NC)c(C)c(NC(C)CO)n1. The quantitative estimate of drug-likeness (QED) is 0.702. The first-order valence-corrected chi connectivity index (χ1v) is 6.05. The molecule has 0 saturated carbocycles. The molecule has 0 aliphatic rings. The van der Waals surface area contributed by atoms with Crippen molar-refractivity contribution in [2.75, 3.05) is 24.3 Å². The van der Waals surface area contributed by atoms with E-state index < -0.39 is 0 Å². The van der Waals surface area contributed by atoms with E-state index in [1.807, 2.05) is 20.9 Å². The highest BCUT2D eigenvalue weighted by Crippen LogP contribution is 2.20. The lowest BCUT2D eigenvalue weighted by Gasteiger charge is -2.16. The molecule has 0 fully saturated rings. The van der Waals surface area contributed by atoms with Gasteiger partial charge in [0.05, 0.1) is 6.61 Å². The van der Waals surface area contributed by atoms with E-state index in [1.54, 1.807) is 0 Å². The molecule has 5 heteroatoms. The molecule has 1 heterocycles. The number of hydrogen-bond donors (Lipinski definition) is 3. The summed E-state index contributed by atoms with van der Waals surface area (Å²) in [6.45, 7) is 6.07. The van der Waals surface area contributed by atoms with Gasteiger partial charge in [-0.1, -0.05) is 6.92 Å². The number of nitrogens with one attached hydrogen (secondary N) is 2. The van der Waals surface area contributed by atoms with Crippen LogP contribution in [0.1, 0.15) is 31.7 Å². The molecule has 17 heavy (non-hydrogen) atoms. The van der Waals surface area contributed by atoms with Crippen molar-refractivity contribution in [3.63, 3.8) is 0 Å². The van der Waals surface area contributed by atoms with Gasteiger partial charge in [-0.25, -0.2) is 9.97 Å². The summed E-state index contributed by atoms with van der Waals surface area (Å²) >= 11 is 0. The van der Waals surface area contributed by atoms with Crippen molar-refractivity contribution in [1.29, 1.82) is 0 Å². The second-order valence-corrected chi connectivity index (χ2v) is 4.19. The van der Waals surface area contributed by atoms with Gasteiger partial charge in [-0.3, -0.25) is 0 Å². The number of nitrogens with zero attached hydrogens (tertiary/aromatic N) is 2. The van der Waals surface area contributed by atoms with E-state index in [9.17, 15) is 0 Å². The van der Waals surface area contributed by atoms with Gasteiger partial charge in [0.2, 0.25) is 0 Å². The molecule has 0 saturated heterocycles. The van der Waals surface area contributed by atoms with Crippen molar-refractivity contribution in [2.24, 2.45) is 0 Å². The van der Waals surface area contributed by atoms with E-state index in [-0.39, 0.29) is 12.6 Å². The zero-order valence-corrected chi connectivity index (χ0v) is 11.0. The van der Waals surface area contributed by atoms with Gasteiger partial charge < -0.3 is 15.7 Å². The molecule has 0 amide bonds. The Morgan fingerprint density at radius 1 is 1.29 bits per heavy atom. The van der Waals surface area contributed by atoms with Gasteiger partial charge in [0.15, 0.2) is 0 Å². The van der Waals surface area contributed by atoms with Crippen LogP contribution in [0.25, 0.3) is 0 Å². The van der Waals surface area contributed by atoms with Crippen LogP contribution in [0.4, 0.5) is 11.6 Å². The van der Waals surface area contributed by atoms with Crippen molar-refractivity contribution in [3.05, 3.63) is 11.4 Å². The Labute approximate surface area is 103 Å². The number of aliphatic hydroxyl groups is 1. The Balaban J connectivity index is 3.04. The smallest absolute Gasteiger partial charge is 0.135 e. The largest absolute Gasteiger partial charge is 0.394 e. The Morgan fingerprint density at radius 2 is 1.94 bits per heavy atom. The number of rotatable bonds is 6. The maximum absolute atomic E-state index is 9.06. The van der Waals surface area contributed by atoms with Crippen molar-refractivity contribution in [3.8, 4) is 0 Å². The molecule has 5 nitrogen and oxygen atoms in total. The van der Waals surface area contributed by atoms with Crippen LogP contribution in [-0.4, -0.2) is 34.8 Å². The summed E-state index contributed by atoms with van der Waals surface area (Å²) < 4.78 is 0. The summed E-state index contributed by atoms with van der Waals surface area (Å²) in [6.07, 6.45) is 1.87. The summed E-state index contributed by atoms with van der Waals surface area (Å²) in [6, 6.07) is -0.0113. The standard InChI is InChI=1S/C12H22N4O/c1-5-6-10-15-11(13-4)9(3)12(16-10)14-8(2)7-17/h8,17H,5-7H2,1-4H3,(H2,13,14,15,16). The molecule has 0 aromatic carbocycles. The van der Waals surface area contributed by atoms with Crippen LogP contribution in [0.15, 0.2) is 0 Å². The fourth-order valence-corrected chi connectivity index (χ4v) is 1.56. The van der Waals surface area contributed by atoms with Crippen LogP contribution in [0, 0.1) is 6.92 Å². The van der Waals surface area contributed by atoms with E-state index in [0.717, 1.165) is 35.9 Å². The van der Waals surface area contributed by atoms with E-state index in [4.69, 9.17) is 5.11 Å². The summed E-state index contributed by atoms with van der Waals surface area (Å²) in [7, 11) is 1.85. The van der Waals surface area contributed by atoms with Crippen LogP contribution >= 0.6 is 0 Å². The summed E-state index contributed by atoms with van der Waals surface area (Å²) in [4.78, 5) is 8.93. The molecular weight excluding hydrogens is 216 g/mol. The fraction of sp³-hybridized carbons (Fsp3) is 0.667. The van der Waals surface area contributed by atoms with Crippen LogP contribution in [-0.2, 0) is 6.42 Å². The molecule has 0 radical (unpaired) electrons. The third-order valence-electron chi connectivity index (χ3n) is 2.56. The maximum atomic E-state index is 9.06. The summed E-state index contributed by atoms with van der Waals surface area (Å²) in [5.74, 6) is 2.47. The number of aliphatic hydroxyl groups excluding tert-OH is 1. The molecule has 1 aromatic heterocycles. The molecule has 96 valence electrons. The van der Waals surface area contributed by atoms with Gasteiger partial charge in [-0.2, -0.15) is 0 Å². The lowest BCUT2D eigenvalue weighted by molar-refractivity contribution is 0.281. The van der Waals surface area contributed by atoms with Crippen LogP contribution in [0.3, 0.4) is 0 Å². The highest BCUT2D eigenvalue weighted by Gasteiger charge is 2.11. The molecule has 0 spiro atoms. The lowest BCUT2D eigenvalue weighted by atomic mass is 10.2. The molecule has 1 rings (SSSR count). The molecule has 1 aromatic rings. The number of aryl methyl sites for hydroxylation is 1. The topological polar surface area (TPSA) is 70.1 Å². The van der Waals surface area contributed by atoms with Crippen molar-refractivity contribution in [2.45, 2.75) is 39.7 Å². The van der Waals surface area contributed by atoms with Gasteiger partial charge in [0.1, 0.15) is 17.5 Å². The average Bonchev–Trinajstić information content (AvgIpc) is 2.33. The third kappa shape index (κ3) is 3.56. The van der Waals surface area contributed by atoms with E-state index >= 15 is 0 Å². The van der Waals surface area contributed by atoms with Gasteiger partial charge in [0.25, 0.3) is 0 Å². The molecular formula is C12H22N4O. The highest BCUT2D eigenvalue weighted by atomic mass is 16.3. The zero-order chi connectivity index (χ0) is 12.8. The minimum atomic E-state index is -0.0113. The monoisotopic (exact) mass is 238 g/mol. The first-order chi connectivity index (χ1) is 8.12. The predicted octanol–water partition coefficient (Wildman–Crippen LogP) is 1.57. The molecule has 0 bridgehead atoms. The van der Waals surface area contributed by atoms with Crippen LogP contribution in [0.2, 0.25) is 0 Å². The second kappa shape index (κ2) is 6.39. The predicted molar refractivity (Wildman–Crippen MR) is 70.5 cm³/mol. The first-order valence-electron chi connectivity index (χ1n) is 6.05. The zero-order valence-electron chi connectivity index (χ0n) is 11.0. The van der Waals surface area contributed by atoms with Crippen LogP contribution in [0.5, 0.6) is 0 Å². The Hall–Kier alpha value is -1.36. The maximum Gasteiger partial charge on any atom is 0.135 e. The molecule has 3 N–H and O–H groups in total. The fourth-order valence-electron chi connectivity index (χ4n) is 1.56. The van der Waals surface area contributed by atoms with Gasteiger partial charge >= 0.3 is 0 Å². The minimum absolute atomic E-state index is 0.0113. The van der Waals surface area contributed by atoms with E-state index in [1.165, 1.54) is 0 Å². The molecule has 1 unspecified atom stereocenters. The minimum Gasteiger partial charge on any atom is -0.394 e. The highest BCUT2D eigenvalue weighted by molar-refractivity contribution is 5.57. The van der Waals surface area contributed by atoms with E-state index in [0.29, 0.717) is 0 Å². The van der Waals surface area contributed by atoms with Gasteiger partial charge in [-0.15, -0.1) is 0 Å². The first kappa shape index (κ1) is 13.7. The van der Waals surface area contributed by atoms with E-state index in [2.05, 4.69) is 27.5 Å². The summed E-state index contributed by atoms with van der Waals surface area (Å²) in [5.41, 5.74) is 0.979. The Bertz CT molecular complexity index is 368. The average molecular weight is 238 g/mol. The molecule has 1 atom stereocenters. The van der Waals surface area contributed by atoms with Gasteiger partial charge in [0, 0.05) is 25.1 Å².